The minimum atomic E-state index is 0.0909. The van der Waals surface area contributed by atoms with Gasteiger partial charge in [-0.2, -0.15) is 0 Å². The van der Waals surface area contributed by atoms with Crippen molar-refractivity contribution in [2.24, 2.45) is 0 Å². The molecule has 2 aromatic carbocycles. The number of carbonyl (C=O) groups excluding carboxylic acids is 1. The van der Waals surface area contributed by atoms with Crippen molar-refractivity contribution in [3.63, 3.8) is 0 Å². The average molecular weight is 418 g/mol. The molecule has 0 N–H and O–H groups in total. The Hall–Kier alpha value is -3.12. The first-order valence-corrected chi connectivity index (χ1v) is 10.7. The summed E-state index contributed by atoms with van der Waals surface area (Å²) in [6, 6.07) is 17.7. The highest BCUT2D eigenvalue weighted by Crippen LogP contribution is 2.28. The van der Waals surface area contributed by atoms with Gasteiger partial charge in [0.2, 0.25) is 0 Å². The fourth-order valence-electron chi connectivity index (χ4n) is 3.65. The Balaban J connectivity index is 1.59. The molecule has 0 aliphatic heterocycles. The highest BCUT2D eigenvalue weighted by molar-refractivity contribution is 8.00. The van der Waals surface area contributed by atoms with Gasteiger partial charge in [0.05, 0.1) is 18.4 Å². The zero-order chi connectivity index (χ0) is 21.3. The molecule has 2 heterocycles. The molecule has 5 nitrogen and oxygen atoms in total. The number of hydrogen-bond acceptors (Lipinski definition) is 5. The molecule has 0 radical (unpaired) electrons. The van der Waals surface area contributed by atoms with E-state index < -0.39 is 0 Å². The number of hydrogen-bond donors (Lipinski definition) is 0. The fourth-order valence-corrected chi connectivity index (χ4v) is 4.60. The van der Waals surface area contributed by atoms with E-state index in [9.17, 15) is 4.79 Å². The number of rotatable bonds is 6. The molecule has 0 aliphatic carbocycles. The molecule has 0 fully saturated rings. The molecule has 6 heteroatoms. The lowest BCUT2D eigenvalue weighted by molar-refractivity contribution is 0.102. The molecular formula is C24H23N3O2S. The molecule has 0 aliphatic rings. The summed E-state index contributed by atoms with van der Waals surface area (Å²) in [4.78, 5) is 22.1. The van der Waals surface area contributed by atoms with Gasteiger partial charge >= 0.3 is 0 Å². The van der Waals surface area contributed by atoms with Crippen LogP contribution >= 0.6 is 11.8 Å². The van der Waals surface area contributed by atoms with E-state index in [1.165, 1.54) is 11.8 Å². The topological polar surface area (TPSA) is 57.0 Å². The number of aromatic nitrogens is 3. The predicted molar refractivity (Wildman–Crippen MR) is 121 cm³/mol. The van der Waals surface area contributed by atoms with Crippen molar-refractivity contribution in [2.75, 3.05) is 12.9 Å². The number of fused-ring (bicyclic) bond motifs is 1. The minimum absolute atomic E-state index is 0.0909. The lowest BCUT2D eigenvalue weighted by Crippen LogP contribution is -2.06. The van der Waals surface area contributed by atoms with Crippen molar-refractivity contribution >= 4 is 28.4 Å². The van der Waals surface area contributed by atoms with Crippen LogP contribution in [0.1, 0.15) is 27.6 Å². The lowest BCUT2D eigenvalue weighted by atomic mass is 10.2. The van der Waals surface area contributed by atoms with E-state index in [1.54, 1.807) is 7.11 Å². The molecule has 0 saturated heterocycles. The second-order valence-electron chi connectivity index (χ2n) is 7.12. The third-order valence-electron chi connectivity index (χ3n) is 5.08. The summed E-state index contributed by atoms with van der Waals surface area (Å²) in [5.74, 6) is 1.93. The van der Waals surface area contributed by atoms with E-state index in [2.05, 4.69) is 14.5 Å². The third kappa shape index (κ3) is 3.83. The van der Waals surface area contributed by atoms with Crippen molar-refractivity contribution in [1.29, 1.82) is 0 Å². The average Bonchev–Trinajstić information content (AvgIpc) is 3.05. The van der Waals surface area contributed by atoms with Gasteiger partial charge in [-0.3, -0.25) is 4.79 Å². The Morgan fingerprint density at radius 2 is 1.77 bits per heavy atom. The molecule has 0 unspecified atom stereocenters. The summed E-state index contributed by atoms with van der Waals surface area (Å²) in [5.41, 5.74) is 4.61. The first-order chi connectivity index (χ1) is 14.5. The fraction of sp³-hybridized carbons (Fsp3) is 0.208. The smallest absolute Gasteiger partial charge is 0.174 e. The van der Waals surface area contributed by atoms with Crippen molar-refractivity contribution in [1.82, 2.24) is 14.5 Å². The molecule has 2 aromatic heterocycles. The summed E-state index contributed by atoms with van der Waals surface area (Å²) >= 11 is 1.47. The molecule has 0 spiro atoms. The summed E-state index contributed by atoms with van der Waals surface area (Å²) in [7, 11) is 1.65. The SMILES string of the molecule is COc1ccc(-n2c(C)cc(C(=O)CSc3nc(C)nc4ccccc34)c2C)cc1. The first kappa shape index (κ1) is 20.2. The molecular weight excluding hydrogens is 394 g/mol. The van der Waals surface area contributed by atoms with Crippen LogP contribution in [0.4, 0.5) is 0 Å². The maximum atomic E-state index is 13.1. The van der Waals surface area contributed by atoms with Gasteiger partial charge in [-0.05, 0) is 57.2 Å². The van der Waals surface area contributed by atoms with Crippen molar-refractivity contribution < 1.29 is 9.53 Å². The van der Waals surface area contributed by atoms with E-state index in [0.29, 0.717) is 11.6 Å². The van der Waals surface area contributed by atoms with Crippen molar-refractivity contribution in [3.05, 3.63) is 77.4 Å². The van der Waals surface area contributed by atoms with Crippen LogP contribution in [0, 0.1) is 20.8 Å². The number of thioether (sulfide) groups is 1. The molecule has 0 atom stereocenters. The van der Waals surface area contributed by atoms with Gasteiger partial charge in [0.25, 0.3) is 0 Å². The summed E-state index contributed by atoms with van der Waals surface area (Å²) < 4.78 is 7.34. The van der Waals surface area contributed by atoms with Gasteiger partial charge < -0.3 is 9.30 Å². The number of ether oxygens (including phenoxy) is 1. The number of methoxy groups -OCH3 is 1. The van der Waals surface area contributed by atoms with Crippen molar-refractivity contribution in [2.45, 2.75) is 25.8 Å². The van der Waals surface area contributed by atoms with Crippen LogP contribution in [0.5, 0.6) is 5.75 Å². The number of ketones is 1. The van der Waals surface area contributed by atoms with E-state index in [1.807, 2.05) is 75.4 Å². The number of carbonyl (C=O) groups is 1. The van der Waals surface area contributed by atoms with E-state index >= 15 is 0 Å². The second kappa shape index (κ2) is 8.32. The third-order valence-corrected chi connectivity index (χ3v) is 6.07. The number of nitrogens with zero attached hydrogens (tertiary/aromatic N) is 3. The Labute approximate surface area is 180 Å². The van der Waals surface area contributed by atoms with Gasteiger partial charge in [-0.15, -0.1) is 0 Å². The summed E-state index contributed by atoms with van der Waals surface area (Å²) in [5, 5.41) is 1.82. The number of benzene rings is 2. The molecule has 4 rings (SSSR count). The van der Waals surface area contributed by atoms with Gasteiger partial charge in [-0.1, -0.05) is 30.0 Å². The van der Waals surface area contributed by atoms with Crippen LogP contribution in [0.3, 0.4) is 0 Å². The monoisotopic (exact) mass is 417 g/mol. The Kier molecular flexibility index (Phi) is 5.59. The molecule has 30 heavy (non-hydrogen) atoms. The molecule has 0 amide bonds. The first-order valence-electron chi connectivity index (χ1n) is 9.70. The van der Waals surface area contributed by atoms with Crippen molar-refractivity contribution in [3.8, 4) is 11.4 Å². The van der Waals surface area contributed by atoms with Gasteiger partial charge in [0, 0.05) is 28.0 Å². The van der Waals surface area contributed by atoms with Crippen LogP contribution in [0.15, 0.2) is 59.6 Å². The van der Waals surface area contributed by atoms with Gasteiger partial charge in [0.1, 0.15) is 16.6 Å². The van der Waals surface area contributed by atoms with E-state index in [-0.39, 0.29) is 5.78 Å². The van der Waals surface area contributed by atoms with Gasteiger partial charge in [0.15, 0.2) is 5.78 Å². The second-order valence-corrected chi connectivity index (χ2v) is 8.09. The largest absolute Gasteiger partial charge is 0.497 e. The number of aryl methyl sites for hydroxylation is 2. The summed E-state index contributed by atoms with van der Waals surface area (Å²) in [6.07, 6.45) is 0. The minimum Gasteiger partial charge on any atom is -0.497 e. The lowest BCUT2D eigenvalue weighted by Gasteiger charge is -2.11. The Bertz CT molecular complexity index is 1230. The zero-order valence-electron chi connectivity index (χ0n) is 17.5. The normalized spacial score (nSPS) is 11.1. The predicted octanol–water partition coefficient (Wildman–Crippen LogP) is 5.33. The quantitative estimate of drug-likeness (QED) is 0.241. The standard InChI is InChI=1S/C24H23N3O2S/c1-15-13-21(16(2)27(15)18-9-11-19(29-4)12-10-18)23(28)14-30-24-20-7-5-6-8-22(20)25-17(3)26-24/h5-13H,14H2,1-4H3. The van der Waals surface area contributed by atoms with Crippen LogP contribution in [-0.4, -0.2) is 33.2 Å². The Morgan fingerprint density at radius 1 is 1.03 bits per heavy atom. The highest BCUT2D eigenvalue weighted by atomic mass is 32.2. The van der Waals surface area contributed by atoms with E-state index in [4.69, 9.17) is 4.74 Å². The zero-order valence-corrected chi connectivity index (χ0v) is 18.3. The van der Waals surface area contributed by atoms with Crippen LogP contribution < -0.4 is 4.74 Å². The molecule has 4 aromatic rings. The maximum absolute atomic E-state index is 13.1. The summed E-state index contributed by atoms with van der Waals surface area (Å²) in [6.45, 7) is 5.88. The van der Waals surface area contributed by atoms with Crippen LogP contribution in [-0.2, 0) is 0 Å². The highest BCUT2D eigenvalue weighted by Gasteiger charge is 2.18. The van der Waals surface area contributed by atoms with Crippen LogP contribution in [0.25, 0.3) is 16.6 Å². The molecule has 152 valence electrons. The van der Waals surface area contributed by atoms with Gasteiger partial charge in [-0.25, -0.2) is 9.97 Å². The molecule has 0 saturated carbocycles. The maximum Gasteiger partial charge on any atom is 0.174 e. The Morgan fingerprint density at radius 3 is 2.50 bits per heavy atom. The number of para-hydroxylation sites is 1. The number of Topliss-reactive ketones (excluding diaryl/α,β-unsaturated/α-hetero) is 1. The van der Waals surface area contributed by atoms with E-state index in [0.717, 1.165) is 44.3 Å². The molecule has 0 bridgehead atoms. The van der Waals surface area contributed by atoms with Crippen LogP contribution in [0.2, 0.25) is 0 Å².